The van der Waals surface area contributed by atoms with Crippen LogP contribution in [0.3, 0.4) is 0 Å². The van der Waals surface area contributed by atoms with Crippen molar-refractivity contribution in [3.05, 3.63) is 0 Å². The number of ether oxygens (including phenoxy) is 1. The van der Waals surface area contributed by atoms with Crippen LogP contribution in [-0.4, -0.2) is 18.7 Å². The molecule has 5 atom stereocenters. The number of nitrogens with one attached hydrogen (secondary N) is 2. The summed E-state index contributed by atoms with van der Waals surface area (Å²) in [4.78, 5) is 13.0. The number of halogens is 2. The molecular weight excluding hydrogens is 506 g/mol. The van der Waals surface area contributed by atoms with Gasteiger partial charge in [-0.25, -0.2) is 0 Å². The maximum absolute atomic E-state index is 13.0. The van der Waals surface area contributed by atoms with Gasteiger partial charge >= 0.3 is 155 Å². The normalized spacial score (nSPS) is 45.5. The Morgan fingerprint density at radius 3 is 2.68 bits per heavy atom. The summed E-state index contributed by atoms with van der Waals surface area (Å²) in [6, 6.07) is 0. The third-order valence-corrected chi connectivity index (χ3v) is 13.5. The molecule has 4 aliphatic rings. The quantitative estimate of drug-likeness (QED) is 0.144. The average molecular weight is 532 g/mol. The Morgan fingerprint density at radius 2 is 2.09 bits per heavy atom. The van der Waals surface area contributed by atoms with Crippen molar-refractivity contribution in [3.63, 3.8) is 0 Å². The summed E-state index contributed by atoms with van der Waals surface area (Å²) < 4.78 is 12.8. The molecule has 2 aliphatic heterocycles. The van der Waals surface area contributed by atoms with Gasteiger partial charge < -0.3 is 0 Å². The molecule has 2 saturated carbocycles. The fourth-order valence-corrected chi connectivity index (χ4v) is 12.5. The fourth-order valence-electron chi connectivity index (χ4n) is 4.74. The minimum absolute atomic E-state index is 0.00364. The second kappa shape index (κ2) is 5.17. The fraction of sp³-hybridized carbons (Fsp3) is 0.938. The summed E-state index contributed by atoms with van der Waals surface area (Å²) in [5.41, 5.74) is -0.200. The number of rotatable bonds is 4. The molecule has 6 heteroatoms. The Bertz CT molecular complexity index is 504. The molecule has 2 heterocycles. The van der Waals surface area contributed by atoms with Crippen LogP contribution in [0.4, 0.5) is 0 Å². The first-order chi connectivity index (χ1) is 10.3. The van der Waals surface area contributed by atoms with Gasteiger partial charge in [0.1, 0.15) is 0 Å². The molecule has 4 nitrogen and oxygen atoms in total. The van der Waals surface area contributed by atoms with E-state index in [1.807, 2.05) is 6.92 Å². The summed E-state index contributed by atoms with van der Waals surface area (Å²) in [5, 5.41) is 0. The van der Waals surface area contributed by atoms with E-state index in [1.165, 1.54) is 25.7 Å². The SMILES string of the molecule is CCC1(OC(=O)C(C)(I)C23NI2N3)CCC2CC(C)CC1C2. The van der Waals surface area contributed by atoms with E-state index in [9.17, 15) is 4.79 Å². The van der Waals surface area contributed by atoms with Crippen LogP contribution in [-0.2, 0) is 9.53 Å². The number of carbonyl (C=O) groups is 1. The van der Waals surface area contributed by atoms with Crippen molar-refractivity contribution in [3.8, 4) is 0 Å². The molecule has 0 aromatic rings. The second-order valence-electron chi connectivity index (χ2n) is 7.86. The molecule has 22 heavy (non-hydrogen) atoms. The van der Waals surface area contributed by atoms with E-state index in [0.29, 0.717) is 5.92 Å². The first kappa shape index (κ1) is 16.3. The number of fused-ring (bicyclic) bond motifs is 3. The Morgan fingerprint density at radius 1 is 1.41 bits per heavy atom. The van der Waals surface area contributed by atoms with Gasteiger partial charge in [0.2, 0.25) is 0 Å². The van der Waals surface area contributed by atoms with Crippen LogP contribution < -0.4 is 7.06 Å². The Balaban J connectivity index is 1.52. The molecule has 0 aromatic carbocycles. The summed E-state index contributed by atoms with van der Waals surface area (Å²) in [6.45, 7) is 6.62. The number of hydrogen-bond donors (Lipinski definition) is 2. The van der Waals surface area contributed by atoms with Gasteiger partial charge in [0, 0.05) is 0 Å². The third-order valence-electron chi connectivity index (χ3n) is 6.35. The van der Waals surface area contributed by atoms with Crippen molar-refractivity contribution >= 4 is 48.9 Å². The van der Waals surface area contributed by atoms with Crippen molar-refractivity contribution in [2.45, 2.75) is 72.0 Å². The van der Waals surface area contributed by atoms with Crippen molar-refractivity contribution in [2.24, 2.45) is 17.8 Å². The molecule has 5 unspecified atom stereocenters. The maximum atomic E-state index is 13.0. The standard InChI is InChI=1S/C16H26I2N2O2/c1-4-15(6-5-11-7-10(2)8-12(15)9-11)22-13(21)14(3,17)16-18(19-16)20-16/h10-12,19-20H,4-9H2,1-3H3. The van der Waals surface area contributed by atoms with Gasteiger partial charge in [-0.2, -0.15) is 0 Å². The monoisotopic (exact) mass is 532 g/mol. The zero-order valence-electron chi connectivity index (χ0n) is 13.5. The average Bonchev–Trinajstić information content (AvgIpc) is 3.31. The first-order valence-corrected chi connectivity index (χ1v) is 12.8. The minimum atomic E-state index is -1.13. The Kier molecular flexibility index (Phi) is 3.84. The topological polar surface area (TPSA) is 70.2 Å². The molecule has 2 saturated heterocycles. The van der Waals surface area contributed by atoms with Gasteiger partial charge in [-0.1, -0.05) is 0 Å². The van der Waals surface area contributed by atoms with Gasteiger partial charge in [0.15, 0.2) is 0 Å². The van der Waals surface area contributed by atoms with Crippen molar-refractivity contribution < 1.29 is 9.53 Å². The van der Waals surface area contributed by atoms with E-state index >= 15 is 0 Å². The third kappa shape index (κ3) is 2.29. The van der Waals surface area contributed by atoms with E-state index in [1.54, 1.807) is 0 Å². The predicted octanol–water partition coefficient (Wildman–Crippen LogP) is 3.91. The van der Waals surface area contributed by atoms with Gasteiger partial charge in [-0.15, -0.1) is 0 Å². The van der Waals surface area contributed by atoms with Crippen molar-refractivity contribution in [1.82, 2.24) is 7.06 Å². The van der Waals surface area contributed by atoms with E-state index in [2.05, 4.69) is 43.5 Å². The molecule has 0 aromatic heterocycles. The number of esters is 1. The van der Waals surface area contributed by atoms with Crippen LogP contribution in [0.15, 0.2) is 0 Å². The molecule has 2 aliphatic carbocycles. The van der Waals surface area contributed by atoms with Crippen molar-refractivity contribution in [2.75, 3.05) is 0 Å². The molecule has 0 amide bonds. The van der Waals surface area contributed by atoms with Gasteiger partial charge in [-0.05, 0) is 0 Å². The van der Waals surface area contributed by atoms with Gasteiger partial charge in [-0.3, -0.25) is 0 Å². The number of carbonyl (C=O) groups excluding carboxylic acids is 1. The Hall–Kier alpha value is 0.850. The predicted molar refractivity (Wildman–Crippen MR) is 104 cm³/mol. The van der Waals surface area contributed by atoms with Crippen LogP contribution in [0.1, 0.15) is 59.3 Å². The van der Waals surface area contributed by atoms with E-state index in [0.717, 1.165) is 24.7 Å². The van der Waals surface area contributed by atoms with E-state index < -0.39 is 23.8 Å². The summed E-state index contributed by atoms with van der Waals surface area (Å²) >= 11 is 1.18. The van der Waals surface area contributed by atoms with Crippen molar-refractivity contribution in [1.29, 1.82) is 0 Å². The summed E-state index contributed by atoms with van der Waals surface area (Å²) in [6.07, 6.45) is 7.14. The molecular formula is C16H26I2N2O2. The molecule has 0 spiro atoms. The van der Waals surface area contributed by atoms with Crippen LogP contribution in [0, 0.1) is 17.8 Å². The molecule has 4 rings (SSSR count). The zero-order valence-corrected chi connectivity index (χ0v) is 17.9. The van der Waals surface area contributed by atoms with Crippen LogP contribution in [0.2, 0.25) is 0 Å². The second-order valence-corrected chi connectivity index (χ2v) is 14.3. The van der Waals surface area contributed by atoms with Crippen LogP contribution >= 0.6 is 43.0 Å². The molecule has 2 N–H and O–H groups in total. The molecule has 0 radical (unpaired) electrons. The van der Waals surface area contributed by atoms with Crippen LogP contribution in [0.25, 0.3) is 0 Å². The first-order valence-electron chi connectivity index (χ1n) is 8.51. The zero-order chi connectivity index (χ0) is 15.8. The summed E-state index contributed by atoms with van der Waals surface area (Å²) in [7, 11) is 0. The number of hydrogen-bond acceptors (Lipinski definition) is 4. The number of alkyl halides is 2. The van der Waals surface area contributed by atoms with Gasteiger partial charge in [0.05, 0.1) is 0 Å². The van der Waals surface area contributed by atoms with Gasteiger partial charge in [0.25, 0.3) is 0 Å². The molecule has 2 bridgehead atoms. The molecule has 126 valence electrons. The molecule has 4 fully saturated rings. The summed E-state index contributed by atoms with van der Waals surface area (Å²) in [5.74, 6) is 2.22. The van der Waals surface area contributed by atoms with E-state index in [4.69, 9.17) is 4.74 Å². The van der Waals surface area contributed by atoms with Crippen LogP contribution in [0.5, 0.6) is 0 Å². The van der Waals surface area contributed by atoms with E-state index in [-0.39, 0.29) is 15.2 Å². The Labute approximate surface area is 154 Å².